The van der Waals surface area contributed by atoms with Gasteiger partial charge in [-0.1, -0.05) is 11.3 Å². The Bertz CT molecular complexity index is 651. The maximum absolute atomic E-state index is 13.4. The molecule has 0 aliphatic carbocycles. The number of benzene rings is 1. The number of nitrogens with two attached hydrogens (primary N) is 1. The first kappa shape index (κ1) is 14.6. The van der Waals surface area contributed by atoms with Crippen LogP contribution in [0.4, 0.5) is 15.2 Å². The van der Waals surface area contributed by atoms with E-state index >= 15 is 0 Å². The van der Waals surface area contributed by atoms with Gasteiger partial charge in [0.05, 0.1) is 14.3 Å². The number of halogens is 2. The minimum absolute atomic E-state index is 0.00367. The van der Waals surface area contributed by atoms with E-state index in [1.807, 2.05) is 0 Å². The fourth-order valence-electron chi connectivity index (χ4n) is 1.37. The summed E-state index contributed by atoms with van der Waals surface area (Å²) in [6.07, 6.45) is 1.51. The van der Waals surface area contributed by atoms with Crippen LogP contribution in [0.5, 0.6) is 5.75 Å². The monoisotopic (exact) mass is 362 g/mol. The maximum Gasteiger partial charge on any atom is 0.312 e. The maximum atomic E-state index is 13.4. The molecule has 0 aliphatic rings. The summed E-state index contributed by atoms with van der Waals surface area (Å²) < 4.78 is 18.7. The van der Waals surface area contributed by atoms with Crippen molar-refractivity contribution in [1.82, 2.24) is 4.98 Å². The van der Waals surface area contributed by atoms with Crippen LogP contribution in [0, 0.1) is 15.9 Å². The highest BCUT2D eigenvalue weighted by Gasteiger charge is 2.19. The summed E-state index contributed by atoms with van der Waals surface area (Å²) in [5, 5.41) is 11.4. The van der Waals surface area contributed by atoms with Gasteiger partial charge in [-0.3, -0.25) is 15.5 Å². The third-order valence-corrected chi connectivity index (χ3v) is 3.76. The number of ether oxygens (including phenoxy) is 1. The Labute approximate surface area is 124 Å². The highest BCUT2D eigenvalue weighted by molar-refractivity contribution is 9.10. The zero-order chi connectivity index (χ0) is 14.7. The highest BCUT2D eigenvalue weighted by atomic mass is 79.9. The predicted molar refractivity (Wildman–Crippen MR) is 75.0 cm³/mol. The molecule has 106 valence electrons. The molecule has 10 heteroatoms. The zero-order valence-electron chi connectivity index (χ0n) is 9.80. The van der Waals surface area contributed by atoms with E-state index in [9.17, 15) is 14.5 Å². The van der Waals surface area contributed by atoms with Crippen LogP contribution in [0.25, 0.3) is 0 Å². The Morgan fingerprint density at radius 1 is 1.60 bits per heavy atom. The van der Waals surface area contributed by atoms with Crippen LogP contribution >= 0.6 is 27.3 Å². The van der Waals surface area contributed by atoms with Crippen molar-refractivity contribution in [2.24, 2.45) is 5.84 Å². The van der Waals surface area contributed by atoms with Crippen LogP contribution in [-0.4, -0.2) is 9.91 Å². The molecule has 20 heavy (non-hydrogen) atoms. The molecular formula is C10H8BrFN4O3S. The van der Waals surface area contributed by atoms with Crippen molar-refractivity contribution in [2.45, 2.75) is 6.61 Å². The number of thiazole rings is 1. The van der Waals surface area contributed by atoms with Crippen LogP contribution in [-0.2, 0) is 6.61 Å². The van der Waals surface area contributed by atoms with Gasteiger partial charge in [-0.25, -0.2) is 15.2 Å². The Kier molecular flexibility index (Phi) is 4.47. The molecule has 2 rings (SSSR count). The molecule has 0 saturated carbocycles. The summed E-state index contributed by atoms with van der Waals surface area (Å²) in [5.74, 6) is 4.40. The molecule has 0 fully saturated rings. The number of hydrazine groups is 1. The Morgan fingerprint density at radius 2 is 2.35 bits per heavy atom. The van der Waals surface area contributed by atoms with Crippen molar-refractivity contribution >= 4 is 38.1 Å². The quantitative estimate of drug-likeness (QED) is 0.481. The number of aromatic nitrogens is 1. The lowest BCUT2D eigenvalue weighted by molar-refractivity contribution is -0.386. The first-order valence-corrected chi connectivity index (χ1v) is 6.79. The van der Waals surface area contributed by atoms with Gasteiger partial charge in [-0.15, -0.1) is 0 Å². The number of nitro benzene ring substituents is 1. The van der Waals surface area contributed by atoms with Gasteiger partial charge in [0, 0.05) is 18.3 Å². The first-order chi connectivity index (χ1) is 9.51. The van der Waals surface area contributed by atoms with Crippen molar-refractivity contribution in [2.75, 3.05) is 5.43 Å². The number of hydrogen-bond donors (Lipinski definition) is 2. The van der Waals surface area contributed by atoms with Gasteiger partial charge in [0.25, 0.3) is 0 Å². The zero-order valence-corrected chi connectivity index (χ0v) is 12.2. The normalized spacial score (nSPS) is 10.3. The summed E-state index contributed by atoms with van der Waals surface area (Å²) in [5.41, 5.74) is 2.05. The van der Waals surface area contributed by atoms with Gasteiger partial charge in [0.1, 0.15) is 12.4 Å². The molecule has 0 radical (unpaired) electrons. The molecule has 0 aliphatic heterocycles. The number of nitrogen functional groups attached to an aromatic ring is 1. The average molecular weight is 363 g/mol. The number of nitrogens with zero attached hydrogens (tertiary/aromatic N) is 2. The highest BCUT2D eigenvalue weighted by Crippen LogP contribution is 2.33. The molecular weight excluding hydrogens is 355 g/mol. The van der Waals surface area contributed by atoms with Crippen LogP contribution in [0.15, 0.2) is 22.8 Å². The number of nitrogens with one attached hydrogen (secondary N) is 1. The smallest absolute Gasteiger partial charge is 0.312 e. The van der Waals surface area contributed by atoms with E-state index in [1.165, 1.54) is 17.5 Å². The standard InChI is InChI=1S/C10H8BrFN4O3S/c11-6-1-8(16(17)18)9(2-7(6)12)19-4-5-3-14-10(15-13)20-5/h1-3H,4,13H2,(H,14,15). The number of rotatable bonds is 5. The summed E-state index contributed by atoms with van der Waals surface area (Å²) in [6.45, 7) is 0.0290. The number of hydrogen-bond acceptors (Lipinski definition) is 7. The lowest BCUT2D eigenvalue weighted by Gasteiger charge is -2.06. The SMILES string of the molecule is NNc1ncc(COc2cc(F)c(Br)cc2[N+](=O)[O-])s1. The molecule has 0 amide bonds. The van der Waals surface area contributed by atoms with Crippen molar-refractivity contribution in [3.8, 4) is 5.75 Å². The molecule has 7 nitrogen and oxygen atoms in total. The lowest BCUT2D eigenvalue weighted by atomic mass is 10.3. The van der Waals surface area contributed by atoms with E-state index in [4.69, 9.17) is 10.6 Å². The van der Waals surface area contributed by atoms with Gasteiger partial charge >= 0.3 is 5.69 Å². The summed E-state index contributed by atoms with van der Waals surface area (Å²) >= 11 is 4.12. The molecule has 3 N–H and O–H groups in total. The van der Waals surface area contributed by atoms with Crippen LogP contribution in [0.3, 0.4) is 0 Å². The van der Waals surface area contributed by atoms with Crippen LogP contribution in [0.1, 0.15) is 4.88 Å². The van der Waals surface area contributed by atoms with Crippen LogP contribution < -0.4 is 16.0 Å². The second-order valence-corrected chi connectivity index (χ2v) is 5.53. The Morgan fingerprint density at radius 3 is 2.95 bits per heavy atom. The topological polar surface area (TPSA) is 103 Å². The Balaban J connectivity index is 2.20. The van der Waals surface area contributed by atoms with Gasteiger partial charge in [-0.05, 0) is 15.9 Å². The largest absolute Gasteiger partial charge is 0.481 e. The van der Waals surface area contributed by atoms with E-state index in [1.54, 1.807) is 0 Å². The van der Waals surface area contributed by atoms with Crippen molar-refractivity contribution < 1.29 is 14.1 Å². The molecule has 1 heterocycles. The third-order valence-electron chi connectivity index (χ3n) is 2.25. The third kappa shape index (κ3) is 3.21. The van der Waals surface area contributed by atoms with E-state index in [0.29, 0.717) is 10.0 Å². The Hall–Kier alpha value is -1.78. The predicted octanol–water partition coefficient (Wildman–Crippen LogP) is 2.82. The minimum atomic E-state index is -0.640. The molecule has 2 aromatic rings. The fourth-order valence-corrected chi connectivity index (χ4v) is 2.33. The van der Waals surface area contributed by atoms with E-state index in [2.05, 4.69) is 26.3 Å². The number of nitro groups is 1. The summed E-state index contributed by atoms with van der Waals surface area (Å²) in [4.78, 5) is 14.9. The van der Waals surface area contributed by atoms with Crippen molar-refractivity contribution in [1.29, 1.82) is 0 Å². The second-order valence-electron chi connectivity index (χ2n) is 3.56. The molecule has 0 spiro atoms. The van der Waals surface area contributed by atoms with Gasteiger partial charge in [-0.2, -0.15) is 0 Å². The second kappa shape index (κ2) is 6.11. The first-order valence-electron chi connectivity index (χ1n) is 5.19. The summed E-state index contributed by atoms with van der Waals surface area (Å²) in [6, 6.07) is 2.02. The molecule has 0 saturated heterocycles. The van der Waals surface area contributed by atoms with Gasteiger partial charge in [0.2, 0.25) is 0 Å². The van der Waals surface area contributed by atoms with Gasteiger partial charge < -0.3 is 4.74 Å². The van der Waals surface area contributed by atoms with E-state index in [0.717, 1.165) is 12.1 Å². The van der Waals surface area contributed by atoms with E-state index < -0.39 is 10.7 Å². The molecule has 0 bridgehead atoms. The van der Waals surface area contributed by atoms with Crippen LogP contribution in [0.2, 0.25) is 0 Å². The lowest BCUT2D eigenvalue weighted by Crippen LogP contribution is -2.05. The number of anilines is 1. The van der Waals surface area contributed by atoms with Crippen molar-refractivity contribution in [3.05, 3.63) is 43.6 Å². The van der Waals surface area contributed by atoms with E-state index in [-0.39, 0.29) is 22.5 Å². The minimum Gasteiger partial charge on any atom is -0.481 e. The molecule has 0 unspecified atom stereocenters. The van der Waals surface area contributed by atoms with Crippen molar-refractivity contribution in [3.63, 3.8) is 0 Å². The molecule has 1 aromatic carbocycles. The van der Waals surface area contributed by atoms with Gasteiger partial charge in [0.15, 0.2) is 10.9 Å². The summed E-state index contributed by atoms with van der Waals surface area (Å²) in [7, 11) is 0. The average Bonchev–Trinajstić information content (AvgIpc) is 2.87. The molecule has 1 aromatic heterocycles. The molecule has 0 atom stereocenters. The fraction of sp³-hybridized carbons (Fsp3) is 0.100.